The largest absolute Gasteiger partial charge is 0.349 e. The number of carbonyl (C=O) groups excluding carboxylic acids is 1. The van der Waals surface area contributed by atoms with Crippen LogP contribution in [0.4, 0.5) is 0 Å². The van der Waals surface area contributed by atoms with Crippen molar-refractivity contribution in [1.29, 1.82) is 0 Å². The zero-order valence-corrected chi connectivity index (χ0v) is 10.8. The number of aryl methyl sites for hydroxylation is 2. The van der Waals surface area contributed by atoms with Gasteiger partial charge < -0.3 is 10.3 Å². The number of aromatic nitrogens is 4. The van der Waals surface area contributed by atoms with E-state index in [-0.39, 0.29) is 5.91 Å². The molecule has 6 nitrogen and oxygen atoms in total. The maximum Gasteiger partial charge on any atom is 0.287 e. The molecule has 0 aliphatic rings. The van der Waals surface area contributed by atoms with Crippen molar-refractivity contribution in [2.75, 3.05) is 6.54 Å². The van der Waals surface area contributed by atoms with Gasteiger partial charge in [0.1, 0.15) is 0 Å². The molecule has 0 radical (unpaired) electrons. The normalized spacial score (nSPS) is 10.6. The lowest BCUT2D eigenvalue weighted by Gasteiger charge is -2.04. The smallest absolute Gasteiger partial charge is 0.287 e. The van der Waals surface area contributed by atoms with E-state index in [4.69, 9.17) is 0 Å². The van der Waals surface area contributed by atoms with Gasteiger partial charge in [-0.3, -0.25) is 9.48 Å². The van der Waals surface area contributed by atoms with Gasteiger partial charge in [-0.1, -0.05) is 0 Å². The highest BCUT2D eigenvalue weighted by Crippen LogP contribution is 2.11. The highest BCUT2D eigenvalue weighted by Gasteiger charge is 2.11. The Hall–Kier alpha value is -2.11. The van der Waals surface area contributed by atoms with Crippen molar-refractivity contribution in [3.8, 4) is 0 Å². The molecule has 2 N–H and O–H groups in total. The SMILES string of the molecule is Cc1nn(C)c(C)c1CCNC(=O)c1ncc[nH]1. The van der Waals surface area contributed by atoms with Crippen molar-refractivity contribution in [3.05, 3.63) is 35.2 Å². The summed E-state index contributed by atoms with van der Waals surface area (Å²) in [6.45, 7) is 4.59. The third-order valence-electron chi connectivity index (χ3n) is 3.03. The molecule has 18 heavy (non-hydrogen) atoms. The Morgan fingerprint density at radius 2 is 2.28 bits per heavy atom. The molecule has 2 rings (SSSR count). The zero-order valence-electron chi connectivity index (χ0n) is 10.8. The molecule has 0 aliphatic carbocycles. The van der Waals surface area contributed by atoms with Gasteiger partial charge in [0.15, 0.2) is 5.82 Å². The second-order valence-corrected chi connectivity index (χ2v) is 4.22. The highest BCUT2D eigenvalue weighted by atomic mass is 16.2. The molecule has 2 aromatic rings. The summed E-state index contributed by atoms with van der Waals surface area (Å²) in [6.07, 6.45) is 3.96. The van der Waals surface area contributed by atoms with Crippen LogP contribution in [0.15, 0.2) is 12.4 Å². The lowest BCUT2D eigenvalue weighted by molar-refractivity contribution is 0.0944. The Morgan fingerprint density at radius 3 is 2.83 bits per heavy atom. The average Bonchev–Trinajstić information content (AvgIpc) is 2.93. The van der Waals surface area contributed by atoms with Crippen molar-refractivity contribution in [3.63, 3.8) is 0 Å². The summed E-state index contributed by atoms with van der Waals surface area (Å²) in [6, 6.07) is 0. The van der Waals surface area contributed by atoms with Gasteiger partial charge in [0.05, 0.1) is 5.69 Å². The number of aromatic amines is 1. The second kappa shape index (κ2) is 5.03. The Labute approximate surface area is 105 Å². The van der Waals surface area contributed by atoms with E-state index in [1.54, 1.807) is 12.4 Å². The van der Waals surface area contributed by atoms with E-state index in [1.165, 1.54) is 5.56 Å². The summed E-state index contributed by atoms with van der Waals surface area (Å²) in [5.41, 5.74) is 3.35. The van der Waals surface area contributed by atoms with Gasteiger partial charge in [-0.05, 0) is 25.8 Å². The zero-order chi connectivity index (χ0) is 13.1. The molecular formula is C12H17N5O. The molecule has 2 aromatic heterocycles. The fraction of sp³-hybridized carbons (Fsp3) is 0.417. The second-order valence-electron chi connectivity index (χ2n) is 4.22. The highest BCUT2D eigenvalue weighted by molar-refractivity contribution is 5.90. The van der Waals surface area contributed by atoms with Gasteiger partial charge in [0.25, 0.3) is 5.91 Å². The molecule has 0 fully saturated rings. The Balaban J connectivity index is 1.91. The number of nitrogens with zero attached hydrogens (tertiary/aromatic N) is 3. The topological polar surface area (TPSA) is 75.6 Å². The molecular weight excluding hydrogens is 230 g/mol. The van der Waals surface area contributed by atoms with Gasteiger partial charge in [-0.25, -0.2) is 4.98 Å². The summed E-state index contributed by atoms with van der Waals surface area (Å²) in [5, 5.41) is 7.17. The van der Waals surface area contributed by atoms with E-state index in [9.17, 15) is 4.79 Å². The first-order valence-corrected chi connectivity index (χ1v) is 5.86. The minimum atomic E-state index is -0.181. The molecule has 6 heteroatoms. The van der Waals surface area contributed by atoms with Gasteiger partial charge in [-0.15, -0.1) is 0 Å². The van der Waals surface area contributed by atoms with Crippen LogP contribution in [-0.4, -0.2) is 32.2 Å². The Bertz CT molecular complexity index is 541. The summed E-state index contributed by atoms with van der Waals surface area (Å²) < 4.78 is 1.86. The van der Waals surface area contributed by atoms with E-state index in [0.29, 0.717) is 12.4 Å². The van der Waals surface area contributed by atoms with E-state index < -0.39 is 0 Å². The van der Waals surface area contributed by atoms with Gasteiger partial charge in [-0.2, -0.15) is 5.10 Å². The van der Waals surface area contributed by atoms with Crippen LogP contribution in [0, 0.1) is 13.8 Å². The first-order valence-electron chi connectivity index (χ1n) is 5.86. The van der Waals surface area contributed by atoms with Crippen LogP contribution in [0.5, 0.6) is 0 Å². The number of imidazole rings is 1. The van der Waals surface area contributed by atoms with Crippen molar-refractivity contribution in [2.24, 2.45) is 7.05 Å². The van der Waals surface area contributed by atoms with Crippen LogP contribution in [0.2, 0.25) is 0 Å². The standard InChI is InChI=1S/C12H17N5O/c1-8-10(9(2)17(3)16-8)4-5-15-12(18)11-13-6-7-14-11/h6-7H,4-5H2,1-3H3,(H,13,14)(H,15,18). The molecule has 96 valence electrons. The first-order chi connectivity index (χ1) is 8.59. The van der Waals surface area contributed by atoms with E-state index in [0.717, 1.165) is 17.8 Å². The Kier molecular flexibility index (Phi) is 3.45. The first kappa shape index (κ1) is 12.3. The summed E-state index contributed by atoms with van der Waals surface area (Å²) in [5.74, 6) is 0.161. The van der Waals surface area contributed by atoms with Gasteiger partial charge in [0, 0.05) is 31.7 Å². The van der Waals surface area contributed by atoms with Crippen LogP contribution in [0.25, 0.3) is 0 Å². The minimum Gasteiger partial charge on any atom is -0.349 e. The van der Waals surface area contributed by atoms with E-state index in [1.807, 2.05) is 25.6 Å². The van der Waals surface area contributed by atoms with Crippen molar-refractivity contribution in [1.82, 2.24) is 25.1 Å². The lowest BCUT2D eigenvalue weighted by Crippen LogP contribution is -2.26. The number of rotatable bonds is 4. The van der Waals surface area contributed by atoms with Crippen LogP contribution >= 0.6 is 0 Å². The third kappa shape index (κ3) is 2.42. The number of hydrogen-bond donors (Lipinski definition) is 2. The summed E-state index contributed by atoms with van der Waals surface area (Å²) in [4.78, 5) is 18.3. The molecule has 2 heterocycles. The molecule has 0 saturated heterocycles. The summed E-state index contributed by atoms with van der Waals surface area (Å²) >= 11 is 0. The molecule has 1 amide bonds. The average molecular weight is 247 g/mol. The van der Waals surface area contributed by atoms with Crippen molar-refractivity contribution in [2.45, 2.75) is 20.3 Å². The molecule has 0 bridgehead atoms. The fourth-order valence-electron chi connectivity index (χ4n) is 1.95. The number of carbonyl (C=O) groups is 1. The molecule has 0 aliphatic heterocycles. The van der Waals surface area contributed by atoms with Crippen LogP contribution in [0.1, 0.15) is 27.6 Å². The van der Waals surface area contributed by atoms with Crippen LogP contribution in [-0.2, 0) is 13.5 Å². The number of hydrogen-bond acceptors (Lipinski definition) is 3. The lowest BCUT2D eigenvalue weighted by atomic mass is 10.1. The predicted octanol–water partition coefficient (Wildman–Crippen LogP) is 0.733. The number of nitrogens with one attached hydrogen (secondary N) is 2. The maximum atomic E-state index is 11.6. The van der Waals surface area contributed by atoms with Crippen molar-refractivity contribution < 1.29 is 4.79 Å². The molecule has 0 aromatic carbocycles. The predicted molar refractivity (Wildman–Crippen MR) is 67.3 cm³/mol. The van der Waals surface area contributed by atoms with Gasteiger partial charge in [0.2, 0.25) is 0 Å². The monoisotopic (exact) mass is 247 g/mol. The van der Waals surface area contributed by atoms with Crippen LogP contribution < -0.4 is 5.32 Å². The number of amides is 1. The molecule has 0 atom stereocenters. The van der Waals surface area contributed by atoms with E-state index >= 15 is 0 Å². The van der Waals surface area contributed by atoms with Crippen molar-refractivity contribution >= 4 is 5.91 Å². The Morgan fingerprint density at radius 1 is 1.50 bits per heavy atom. The van der Waals surface area contributed by atoms with E-state index in [2.05, 4.69) is 20.4 Å². The molecule has 0 unspecified atom stereocenters. The maximum absolute atomic E-state index is 11.6. The molecule has 0 spiro atoms. The molecule has 0 saturated carbocycles. The third-order valence-corrected chi connectivity index (χ3v) is 3.03. The fourth-order valence-corrected chi connectivity index (χ4v) is 1.95. The van der Waals surface area contributed by atoms with Gasteiger partial charge >= 0.3 is 0 Å². The minimum absolute atomic E-state index is 0.181. The van der Waals surface area contributed by atoms with Crippen LogP contribution in [0.3, 0.4) is 0 Å². The quantitative estimate of drug-likeness (QED) is 0.836. The summed E-state index contributed by atoms with van der Waals surface area (Å²) in [7, 11) is 1.92. The number of H-pyrrole nitrogens is 1.